The molecule has 0 N–H and O–H groups in total. The predicted octanol–water partition coefficient (Wildman–Crippen LogP) is 2.17. The van der Waals surface area contributed by atoms with Crippen LogP contribution in [0.25, 0.3) is 0 Å². The Morgan fingerprint density at radius 1 is 1.14 bits per heavy atom. The second-order valence-corrected chi connectivity index (χ2v) is 51.1. The molecule has 0 fully saturated rings. The van der Waals surface area contributed by atoms with Gasteiger partial charge in [-0.25, -0.2) is 0 Å². The van der Waals surface area contributed by atoms with E-state index in [1.807, 2.05) is 14.1 Å². The molecule has 44 valence electrons. The summed E-state index contributed by atoms with van der Waals surface area (Å²) in [6, 6.07) is 0. The molecule has 0 heterocycles. The first-order chi connectivity index (χ1) is 2.94. The van der Waals surface area contributed by atoms with Crippen molar-refractivity contribution in [2.45, 2.75) is 0 Å². The van der Waals surface area contributed by atoms with Crippen LogP contribution in [-0.4, -0.2) is 29.2 Å². The van der Waals surface area contributed by atoms with Crippen molar-refractivity contribution in [2.75, 3.05) is 14.1 Å². The first-order valence-electron chi connectivity index (χ1n) is 1.68. The summed E-state index contributed by atoms with van der Waals surface area (Å²) >= 11 is 8.44. The maximum absolute atomic E-state index is 3.51. The molecule has 0 aromatic heterocycles. The third-order valence-electron chi connectivity index (χ3n) is 0.507. The Bertz CT molecular complexity index is 58.4. The number of halogens is 3. The van der Waals surface area contributed by atoms with Crippen LogP contribution >= 0.6 is 38.1 Å². The van der Waals surface area contributed by atoms with E-state index in [2.05, 4.69) is 41.2 Å². The Kier molecular flexibility index (Phi) is 4.45. The maximum atomic E-state index is 3.51. The molecule has 0 saturated carbocycles. The fraction of sp³-hybridized carbons (Fsp3) is 1.00. The monoisotopic (exact) mass is 401 g/mol. The summed E-state index contributed by atoms with van der Waals surface area (Å²) in [4.78, 5) is 0. The molecule has 7 heavy (non-hydrogen) atoms. The Balaban J connectivity index is 3.54. The van der Waals surface area contributed by atoms with E-state index in [1.54, 1.807) is 0 Å². The van der Waals surface area contributed by atoms with Crippen molar-refractivity contribution in [2.24, 2.45) is 0 Å². The van der Waals surface area contributed by atoms with Gasteiger partial charge in [-0.15, -0.1) is 0 Å². The van der Waals surface area contributed by atoms with Gasteiger partial charge in [0.05, 0.1) is 0 Å². The van der Waals surface area contributed by atoms with Gasteiger partial charge in [-0.3, -0.25) is 0 Å². The Morgan fingerprint density at radius 3 is 1.29 bits per heavy atom. The van der Waals surface area contributed by atoms with Gasteiger partial charge in [-0.2, -0.15) is 0 Å². The summed E-state index contributed by atoms with van der Waals surface area (Å²) in [6.07, 6.45) is 0. The van der Waals surface area contributed by atoms with Gasteiger partial charge < -0.3 is 0 Å². The SMILES string of the molecule is C[N](C)[Sn]([Br])([Br])[Br]. The van der Waals surface area contributed by atoms with E-state index in [1.165, 1.54) is 0 Å². The summed E-state index contributed by atoms with van der Waals surface area (Å²) in [6.45, 7) is 0. The van der Waals surface area contributed by atoms with Crippen LogP contribution in [0.1, 0.15) is 0 Å². The topological polar surface area (TPSA) is 3.24 Å². The average molecular weight is 402 g/mol. The number of nitrogens with zero attached hydrogens (tertiary/aromatic N) is 1. The third kappa shape index (κ3) is 4.69. The molecule has 5 heteroatoms. The second kappa shape index (κ2) is 3.39. The minimum absolute atomic E-state index is 2.04. The van der Waals surface area contributed by atoms with Gasteiger partial charge >= 0.3 is 67.3 Å². The molecule has 0 aromatic carbocycles. The van der Waals surface area contributed by atoms with Gasteiger partial charge in [0, 0.05) is 0 Å². The molecular formula is C2H6Br3NSn. The van der Waals surface area contributed by atoms with Crippen LogP contribution in [0.15, 0.2) is 0 Å². The standard InChI is InChI=1S/C2H6N.3BrH.Sn/c1-3-2;;;;/h1-2H3;3*1H;/q-1;;;;+4/p-3. The van der Waals surface area contributed by atoms with Crippen molar-refractivity contribution in [1.29, 1.82) is 0 Å². The van der Waals surface area contributed by atoms with Crippen LogP contribution in [0.3, 0.4) is 0 Å². The Morgan fingerprint density at radius 2 is 1.29 bits per heavy atom. The molecule has 1 nitrogen and oxygen atoms in total. The first-order valence-corrected chi connectivity index (χ1v) is 22.2. The fourth-order valence-corrected chi connectivity index (χ4v) is 0. The zero-order chi connectivity index (χ0) is 6.08. The van der Waals surface area contributed by atoms with E-state index in [0.29, 0.717) is 0 Å². The van der Waals surface area contributed by atoms with Crippen molar-refractivity contribution >= 4 is 50.1 Å². The van der Waals surface area contributed by atoms with Crippen molar-refractivity contribution in [3.8, 4) is 0 Å². The fourth-order valence-electron chi connectivity index (χ4n) is 0. The first kappa shape index (κ1) is 9.20. The summed E-state index contributed by atoms with van der Waals surface area (Å²) in [7, 11) is 4.07. The van der Waals surface area contributed by atoms with Gasteiger partial charge in [0.2, 0.25) is 0 Å². The molecule has 0 saturated heterocycles. The van der Waals surface area contributed by atoms with Gasteiger partial charge in [-0.1, -0.05) is 0 Å². The van der Waals surface area contributed by atoms with Gasteiger partial charge in [0.15, 0.2) is 0 Å². The quantitative estimate of drug-likeness (QED) is 0.608. The van der Waals surface area contributed by atoms with E-state index in [0.717, 1.165) is 0 Å². The van der Waals surface area contributed by atoms with Crippen LogP contribution < -0.4 is 0 Å². The molecule has 0 amide bonds. The molecule has 0 unspecified atom stereocenters. The minimum atomic E-state index is -2.10. The van der Waals surface area contributed by atoms with E-state index in [4.69, 9.17) is 0 Å². The molecule has 0 aliphatic heterocycles. The van der Waals surface area contributed by atoms with E-state index in [9.17, 15) is 0 Å². The number of rotatable bonds is 1. The van der Waals surface area contributed by atoms with E-state index in [-0.39, 0.29) is 0 Å². The molecule has 0 spiro atoms. The third-order valence-corrected chi connectivity index (χ3v) is 17.7. The van der Waals surface area contributed by atoms with E-state index < -0.39 is 12.0 Å². The molecular weight excluding hydrogens is 396 g/mol. The van der Waals surface area contributed by atoms with Crippen LogP contribution in [-0.2, 0) is 0 Å². The van der Waals surface area contributed by atoms with Crippen LogP contribution in [0.5, 0.6) is 0 Å². The summed E-state index contributed by atoms with van der Waals surface area (Å²) in [5, 5.41) is 0. The average Bonchev–Trinajstić information content (AvgIpc) is 1.31. The zero-order valence-electron chi connectivity index (χ0n) is 4.08. The molecule has 0 aliphatic carbocycles. The summed E-state index contributed by atoms with van der Waals surface area (Å²) in [5.74, 6) is 0. The molecule has 0 radical (unpaired) electrons. The van der Waals surface area contributed by atoms with Crippen molar-refractivity contribution < 1.29 is 0 Å². The molecule has 0 bridgehead atoms. The van der Waals surface area contributed by atoms with Gasteiger partial charge in [0.25, 0.3) is 0 Å². The van der Waals surface area contributed by atoms with Crippen LogP contribution in [0.2, 0.25) is 0 Å². The van der Waals surface area contributed by atoms with Crippen molar-refractivity contribution in [1.82, 2.24) is 3.12 Å². The Labute approximate surface area is 66.3 Å². The molecule has 0 atom stereocenters. The summed E-state index contributed by atoms with van der Waals surface area (Å²) < 4.78 is 2.15. The summed E-state index contributed by atoms with van der Waals surface area (Å²) in [5.41, 5.74) is 0. The number of hydrogen-bond acceptors (Lipinski definition) is 1. The van der Waals surface area contributed by atoms with Crippen LogP contribution in [0.4, 0.5) is 0 Å². The van der Waals surface area contributed by atoms with Crippen LogP contribution in [0, 0.1) is 0 Å². The molecule has 0 aromatic rings. The van der Waals surface area contributed by atoms with Crippen molar-refractivity contribution in [3.05, 3.63) is 0 Å². The van der Waals surface area contributed by atoms with Gasteiger partial charge in [0.1, 0.15) is 0 Å². The normalized spacial score (nSPS) is 12.9. The van der Waals surface area contributed by atoms with Crippen molar-refractivity contribution in [3.63, 3.8) is 0 Å². The zero-order valence-corrected chi connectivity index (χ0v) is 11.7. The molecule has 0 aliphatic rings. The van der Waals surface area contributed by atoms with E-state index >= 15 is 0 Å². The molecule has 0 rings (SSSR count). The number of hydrogen-bond donors (Lipinski definition) is 0. The predicted molar refractivity (Wildman–Crippen MR) is 46.2 cm³/mol. The second-order valence-electron chi connectivity index (χ2n) is 1.36. The van der Waals surface area contributed by atoms with Gasteiger partial charge in [-0.05, 0) is 0 Å². The Hall–Kier alpha value is 2.20.